The van der Waals surface area contributed by atoms with Crippen molar-refractivity contribution in [2.45, 2.75) is 13.5 Å². The zero-order valence-corrected chi connectivity index (χ0v) is 21.7. The van der Waals surface area contributed by atoms with Gasteiger partial charge in [0, 0.05) is 29.1 Å². The fourth-order valence-electron chi connectivity index (χ4n) is 3.60. The minimum absolute atomic E-state index is 0. The molecule has 1 heterocycles. The normalized spacial score (nSPS) is 11.2. The summed E-state index contributed by atoms with van der Waals surface area (Å²) in [5.74, 6) is -0.705. The van der Waals surface area contributed by atoms with Crippen molar-refractivity contribution in [1.29, 1.82) is 0 Å². The van der Waals surface area contributed by atoms with Crippen LogP contribution < -0.4 is 40.2 Å². The molecule has 34 heavy (non-hydrogen) atoms. The summed E-state index contributed by atoms with van der Waals surface area (Å²) < 4.78 is 36.1. The van der Waals surface area contributed by atoms with E-state index in [0.717, 1.165) is 38.7 Å². The van der Waals surface area contributed by atoms with Crippen molar-refractivity contribution in [2.75, 3.05) is 23.0 Å². The van der Waals surface area contributed by atoms with Crippen LogP contribution in [0.15, 0.2) is 66.7 Å². The minimum atomic E-state index is -4.09. The molecule has 0 saturated heterocycles. The van der Waals surface area contributed by atoms with Crippen molar-refractivity contribution in [1.82, 2.24) is 4.98 Å². The average Bonchev–Trinajstić information content (AvgIpc) is 2.75. The Labute approximate surface area is 221 Å². The SMILES string of the molecule is CC(=O)Nc1cc(COCCS(=O)(=O)O)cc(Nc2c3ccccc3nc3ccccc23)c1.[H-].[Na+]. The molecule has 0 aliphatic heterocycles. The monoisotopic (exact) mass is 489 g/mol. The summed E-state index contributed by atoms with van der Waals surface area (Å²) in [4.78, 5) is 16.4. The molecular formula is C24H24N3NaO5S. The van der Waals surface area contributed by atoms with Crippen molar-refractivity contribution in [3.63, 3.8) is 0 Å². The number of amides is 1. The maximum Gasteiger partial charge on any atom is 1.00 e. The molecule has 0 unspecified atom stereocenters. The molecule has 3 aromatic carbocycles. The van der Waals surface area contributed by atoms with E-state index in [4.69, 9.17) is 14.3 Å². The minimum Gasteiger partial charge on any atom is -1.00 e. The summed E-state index contributed by atoms with van der Waals surface area (Å²) in [5, 5.41) is 8.16. The van der Waals surface area contributed by atoms with Gasteiger partial charge in [0.15, 0.2) is 0 Å². The first-order valence-electron chi connectivity index (χ1n) is 10.3. The van der Waals surface area contributed by atoms with Crippen LogP contribution in [-0.4, -0.2) is 36.2 Å². The van der Waals surface area contributed by atoms with Gasteiger partial charge in [0.2, 0.25) is 5.91 Å². The molecule has 0 bridgehead atoms. The van der Waals surface area contributed by atoms with Crippen LogP contribution in [0, 0.1) is 0 Å². The van der Waals surface area contributed by atoms with Gasteiger partial charge in [-0.25, -0.2) is 4.98 Å². The second kappa shape index (κ2) is 11.3. The molecule has 4 aromatic rings. The standard InChI is InChI=1S/C24H23N3O5S.Na.H/c1-16(28)25-18-12-17(15-32-10-11-33(29,30)31)13-19(14-18)26-24-20-6-2-4-8-22(20)27-23-9-5-3-7-21(23)24;;/h2-9,12-14H,10-11,15H2,1H3,(H,25,28)(H,26,27)(H,29,30,31);;/q;+1;-1. The van der Waals surface area contributed by atoms with Gasteiger partial charge in [-0.15, -0.1) is 0 Å². The molecule has 4 rings (SSSR count). The quantitative estimate of drug-likeness (QED) is 0.149. The predicted octanol–water partition coefficient (Wildman–Crippen LogP) is 1.61. The molecule has 8 nitrogen and oxygen atoms in total. The second-order valence-electron chi connectivity index (χ2n) is 7.58. The summed E-state index contributed by atoms with van der Waals surface area (Å²) in [6, 6.07) is 21.1. The van der Waals surface area contributed by atoms with Crippen molar-refractivity contribution in [2.24, 2.45) is 0 Å². The van der Waals surface area contributed by atoms with E-state index in [2.05, 4.69) is 10.6 Å². The van der Waals surface area contributed by atoms with Crippen LogP contribution in [0.4, 0.5) is 17.1 Å². The van der Waals surface area contributed by atoms with E-state index in [0.29, 0.717) is 5.69 Å². The van der Waals surface area contributed by atoms with Gasteiger partial charge in [-0.2, -0.15) is 8.42 Å². The summed E-state index contributed by atoms with van der Waals surface area (Å²) >= 11 is 0. The van der Waals surface area contributed by atoms with Crippen molar-refractivity contribution < 1.29 is 53.5 Å². The molecule has 10 heteroatoms. The third-order valence-electron chi connectivity index (χ3n) is 4.92. The van der Waals surface area contributed by atoms with Crippen LogP contribution in [0.5, 0.6) is 0 Å². The predicted molar refractivity (Wildman–Crippen MR) is 130 cm³/mol. The largest absolute Gasteiger partial charge is 1.00 e. The molecule has 0 aliphatic carbocycles. The van der Waals surface area contributed by atoms with Crippen LogP contribution in [-0.2, 0) is 26.3 Å². The Morgan fingerprint density at radius 3 is 2.18 bits per heavy atom. The van der Waals surface area contributed by atoms with E-state index >= 15 is 0 Å². The van der Waals surface area contributed by atoms with Crippen LogP contribution >= 0.6 is 0 Å². The Kier molecular flexibility index (Phi) is 8.64. The second-order valence-corrected chi connectivity index (χ2v) is 9.16. The number of carbonyl (C=O) groups is 1. The Balaban J connectivity index is 0.00000216. The number of para-hydroxylation sites is 2. The molecule has 0 spiro atoms. The van der Waals surface area contributed by atoms with E-state index in [1.54, 1.807) is 6.07 Å². The molecule has 3 N–H and O–H groups in total. The maximum absolute atomic E-state index is 11.6. The van der Waals surface area contributed by atoms with E-state index in [9.17, 15) is 13.2 Å². The number of benzene rings is 3. The average molecular weight is 490 g/mol. The third-order valence-corrected chi connectivity index (χ3v) is 5.61. The number of ether oxygens (including phenoxy) is 1. The number of rotatable bonds is 8. The van der Waals surface area contributed by atoms with Gasteiger partial charge in [0.1, 0.15) is 0 Å². The Bertz CT molecular complexity index is 1400. The zero-order chi connectivity index (χ0) is 23.4. The molecule has 0 saturated carbocycles. The molecule has 0 fully saturated rings. The number of nitrogens with one attached hydrogen (secondary N) is 2. The van der Waals surface area contributed by atoms with Crippen LogP contribution in [0.25, 0.3) is 21.8 Å². The van der Waals surface area contributed by atoms with Gasteiger partial charge >= 0.3 is 29.6 Å². The van der Waals surface area contributed by atoms with E-state index in [1.807, 2.05) is 60.7 Å². The van der Waals surface area contributed by atoms with E-state index in [-0.39, 0.29) is 50.1 Å². The number of hydrogen-bond donors (Lipinski definition) is 3. The van der Waals surface area contributed by atoms with Gasteiger partial charge < -0.3 is 16.8 Å². The number of anilines is 3. The summed E-state index contributed by atoms with van der Waals surface area (Å²) in [5.41, 5.74) is 4.60. The molecule has 1 amide bonds. The summed E-state index contributed by atoms with van der Waals surface area (Å²) in [6.45, 7) is 1.38. The zero-order valence-electron chi connectivity index (χ0n) is 19.9. The van der Waals surface area contributed by atoms with Crippen LogP contribution in [0.3, 0.4) is 0 Å². The van der Waals surface area contributed by atoms with Crippen LogP contribution in [0.2, 0.25) is 0 Å². The van der Waals surface area contributed by atoms with Gasteiger partial charge in [-0.3, -0.25) is 9.35 Å². The molecule has 0 aliphatic rings. The molecule has 0 radical (unpaired) electrons. The molecular weight excluding hydrogens is 465 g/mol. The number of aromatic nitrogens is 1. The third kappa shape index (κ3) is 6.75. The Morgan fingerprint density at radius 1 is 1.00 bits per heavy atom. The molecule has 1 aromatic heterocycles. The van der Waals surface area contributed by atoms with Gasteiger partial charge in [-0.05, 0) is 35.9 Å². The maximum atomic E-state index is 11.6. The van der Waals surface area contributed by atoms with Crippen LogP contribution in [0.1, 0.15) is 13.9 Å². The fourth-order valence-corrected chi connectivity index (χ4v) is 3.92. The Hall–Kier alpha value is -2.53. The first kappa shape index (κ1) is 26.1. The number of fused-ring (bicyclic) bond motifs is 2. The smallest absolute Gasteiger partial charge is 1.00 e. The Morgan fingerprint density at radius 2 is 1.59 bits per heavy atom. The molecule has 172 valence electrons. The molecule has 0 atom stereocenters. The van der Waals surface area contributed by atoms with Gasteiger partial charge in [-0.1, -0.05) is 36.4 Å². The summed E-state index contributed by atoms with van der Waals surface area (Å²) in [6.07, 6.45) is 0. The van der Waals surface area contributed by atoms with E-state index < -0.39 is 15.9 Å². The van der Waals surface area contributed by atoms with Gasteiger partial charge in [0.25, 0.3) is 10.1 Å². The van der Waals surface area contributed by atoms with E-state index in [1.165, 1.54) is 6.92 Å². The van der Waals surface area contributed by atoms with Gasteiger partial charge in [0.05, 0.1) is 35.7 Å². The number of hydrogen-bond acceptors (Lipinski definition) is 6. The van der Waals surface area contributed by atoms with Crippen molar-refractivity contribution >= 4 is 54.9 Å². The van der Waals surface area contributed by atoms with Crippen molar-refractivity contribution in [3.05, 3.63) is 72.3 Å². The number of nitrogens with zero attached hydrogens (tertiary/aromatic N) is 1. The van der Waals surface area contributed by atoms with Crippen molar-refractivity contribution in [3.8, 4) is 0 Å². The number of pyridine rings is 1. The summed E-state index contributed by atoms with van der Waals surface area (Å²) in [7, 11) is -4.09. The number of carbonyl (C=O) groups excluding carboxylic acids is 1. The first-order valence-corrected chi connectivity index (χ1v) is 11.9. The topological polar surface area (TPSA) is 118 Å². The first-order chi connectivity index (χ1) is 15.8. The fraction of sp³-hybridized carbons (Fsp3) is 0.167.